The fourth-order valence-corrected chi connectivity index (χ4v) is 3.22. The molecule has 0 radical (unpaired) electrons. The molecule has 0 saturated carbocycles. The van der Waals surface area contributed by atoms with Crippen LogP contribution in [0.5, 0.6) is 0 Å². The van der Waals surface area contributed by atoms with Gasteiger partial charge in [0.05, 0.1) is 20.3 Å². The summed E-state index contributed by atoms with van der Waals surface area (Å²) in [4.78, 5) is 15.6. The number of carbonyl (C=O) groups excluding carboxylic acids is 1. The highest BCUT2D eigenvalue weighted by molar-refractivity contribution is 7.71. The van der Waals surface area contributed by atoms with Gasteiger partial charge in [-0.25, -0.2) is 0 Å². The summed E-state index contributed by atoms with van der Waals surface area (Å²) in [6.45, 7) is 4.37. The number of aryl methyl sites for hydroxylation is 1. The van der Waals surface area contributed by atoms with Crippen LogP contribution >= 0.6 is 12.2 Å². The molecule has 1 fully saturated rings. The zero-order valence-corrected chi connectivity index (χ0v) is 16.1. The summed E-state index contributed by atoms with van der Waals surface area (Å²) in [5, 5.41) is 2.97. The summed E-state index contributed by atoms with van der Waals surface area (Å²) in [6, 6.07) is 7.98. The number of amides is 1. The van der Waals surface area contributed by atoms with Gasteiger partial charge < -0.3 is 24.4 Å². The fraction of sp³-hybridized carbons (Fsp3) is 0.444. The third-order valence-electron chi connectivity index (χ3n) is 4.45. The molecule has 1 saturated heterocycles. The van der Waals surface area contributed by atoms with Gasteiger partial charge in [-0.2, -0.15) is 0 Å². The Balaban J connectivity index is 1.51. The van der Waals surface area contributed by atoms with Crippen molar-refractivity contribution in [1.29, 1.82) is 0 Å². The second kappa shape index (κ2) is 8.48. The molecule has 1 aromatic carbocycles. The Morgan fingerprint density at radius 3 is 2.54 bits per heavy atom. The van der Waals surface area contributed by atoms with Crippen LogP contribution in [0.2, 0.25) is 0 Å². The first kappa shape index (κ1) is 18.6. The van der Waals surface area contributed by atoms with Crippen molar-refractivity contribution >= 4 is 29.5 Å². The minimum absolute atomic E-state index is 0.0101. The van der Waals surface area contributed by atoms with Crippen LogP contribution in [0.15, 0.2) is 36.7 Å². The molecule has 2 heterocycles. The molecule has 7 nitrogen and oxygen atoms in total. The van der Waals surface area contributed by atoms with Crippen molar-refractivity contribution in [3.8, 4) is 0 Å². The average Bonchev–Trinajstić information content (AvgIpc) is 2.95. The number of aromatic nitrogens is 2. The van der Waals surface area contributed by atoms with Crippen molar-refractivity contribution in [3.63, 3.8) is 0 Å². The molecule has 26 heavy (non-hydrogen) atoms. The van der Waals surface area contributed by atoms with E-state index in [2.05, 4.69) is 10.2 Å². The molecule has 1 unspecified atom stereocenters. The number of ether oxygens (including phenoxy) is 1. The fourth-order valence-electron chi connectivity index (χ4n) is 3.03. The molecule has 0 bridgehead atoms. The number of morpholine rings is 1. The molecule has 3 rings (SSSR count). The normalized spacial score (nSPS) is 15.7. The minimum Gasteiger partial charge on any atom is -0.378 e. The zero-order valence-electron chi connectivity index (χ0n) is 15.3. The number of hydrogen-bond donors (Lipinski definition) is 2. The standard InChI is InChI=1S/C18H25N5O2S/c1-20(14-23-8-7-21(2)18(23)26)13-17(24)19-15-3-5-16(6-4-15)22-9-11-25-12-10-22/h3-8H,9-14H2,1-2H3,(H,19,24)/p+1. The van der Waals surface area contributed by atoms with Gasteiger partial charge in [0, 0.05) is 43.9 Å². The van der Waals surface area contributed by atoms with Gasteiger partial charge >= 0.3 is 0 Å². The molecule has 0 aliphatic carbocycles. The number of likely N-dealkylation sites (N-methyl/N-ethyl adjacent to an activating group) is 1. The molecule has 1 amide bonds. The molecule has 0 spiro atoms. The first-order chi connectivity index (χ1) is 12.5. The predicted octanol–water partition coefficient (Wildman–Crippen LogP) is 0.504. The maximum Gasteiger partial charge on any atom is 0.279 e. The van der Waals surface area contributed by atoms with Crippen molar-refractivity contribution in [3.05, 3.63) is 41.4 Å². The number of quaternary nitrogens is 1. The highest BCUT2D eigenvalue weighted by atomic mass is 32.1. The lowest BCUT2D eigenvalue weighted by Crippen LogP contribution is -3.09. The van der Waals surface area contributed by atoms with E-state index in [0.717, 1.165) is 47.3 Å². The van der Waals surface area contributed by atoms with E-state index in [9.17, 15) is 4.79 Å². The van der Waals surface area contributed by atoms with E-state index in [1.165, 1.54) is 0 Å². The van der Waals surface area contributed by atoms with E-state index in [1.54, 1.807) is 0 Å². The topological polar surface area (TPSA) is 55.9 Å². The van der Waals surface area contributed by atoms with Crippen LogP contribution in [0.25, 0.3) is 0 Å². The van der Waals surface area contributed by atoms with Gasteiger partial charge in [0.15, 0.2) is 18.0 Å². The maximum absolute atomic E-state index is 12.3. The summed E-state index contributed by atoms with van der Waals surface area (Å²) in [5.41, 5.74) is 1.98. The van der Waals surface area contributed by atoms with Crippen molar-refractivity contribution in [2.45, 2.75) is 6.67 Å². The molecule has 140 valence electrons. The number of anilines is 2. The number of hydrogen-bond acceptors (Lipinski definition) is 4. The molecular formula is C18H26N5O2S+. The first-order valence-electron chi connectivity index (χ1n) is 8.78. The minimum atomic E-state index is -0.0101. The first-order valence-corrected chi connectivity index (χ1v) is 9.19. The van der Waals surface area contributed by atoms with Crippen molar-refractivity contribution < 1.29 is 14.4 Å². The summed E-state index contributed by atoms with van der Waals surface area (Å²) < 4.78 is 9.98. The van der Waals surface area contributed by atoms with Crippen LogP contribution in [0.3, 0.4) is 0 Å². The lowest BCUT2D eigenvalue weighted by atomic mass is 10.2. The number of carbonyl (C=O) groups is 1. The Labute approximate surface area is 158 Å². The van der Waals surface area contributed by atoms with Crippen molar-refractivity contribution in [2.24, 2.45) is 7.05 Å². The summed E-state index contributed by atoms with van der Waals surface area (Å²) in [6.07, 6.45) is 3.86. The third-order valence-corrected chi connectivity index (χ3v) is 4.97. The maximum atomic E-state index is 12.3. The van der Waals surface area contributed by atoms with Crippen molar-refractivity contribution in [2.75, 3.05) is 50.1 Å². The highest BCUT2D eigenvalue weighted by Crippen LogP contribution is 2.18. The molecule has 1 aliphatic rings. The summed E-state index contributed by atoms with van der Waals surface area (Å²) >= 11 is 5.33. The lowest BCUT2D eigenvalue weighted by molar-refractivity contribution is -0.894. The molecule has 8 heteroatoms. The molecule has 2 aromatic rings. The molecule has 1 aliphatic heterocycles. The predicted molar refractivity (Wildman–Crippen MR) is 104 cm³/mol. The monoisotopic (exact) mass is 376 g/mol. The van der Waals surface area contributed by atoms with Gasteiger partial charge in [-0.1, -0.05) is 0 Å². The Kier molecular flexibility index (Phi) is 6.08. The lowest BCUT2D eigenvalue weighted by Gasteiger charge is -2.28. The Morgan fingerprint density at radius 1 is 1.23 bits per heavy atom. The van der Waals surface area contributed by atoms with Crippen molar-refractivity contribution in [1.82, 2.24) is 9.13 Å². The van der Waals surface area contributed by atoms with Gasteiger partial charge in [-0.3, -0.25) is 9.36 Å². The van der Waals surface area contributed by atoms with Crippen LogP contribution in [0.1, 0.15) is 0 Å². The summed E-state index contributed by atoms with van der Waals surface area (Å²) in [5.74, 6) is -0.0101. The van der Waals surface area contributed by atoms with Gasteiger partial charge in [0.2, 0.25) is 0 Å². The largest absolute Gasteiger partial charge is 0.378 e. The van der Waals surface area contributed by atoms with Gasteiger partial charge in [-0.15, -0.1) is 0 Å². The zero-order chi connectivity index (χ0) is 18.5. The smallest absolute Gasteiger partial charge is 0.279 e. The Bertz CT molecular complexity index is 793. The van der Waals surface area contributed by atoms with E-state index < -0.39 is 0 Å². The molecule has 1 aromatic heterocycles. The number of benzene rings is 1. The van der Waals surface area contributed by atoms with Crippen LogP contribution in [0, 0.1) is 4.77 Å². The quantitative estimate of drug-likeness (QED) is 0.721. The van der Waals surface area contributed by atoms with Gasteiger partial charge in [0.25, 0.3) is 5.91 Å². The van der Waals surface area contributed by atoms with E-state index >= 15 is 0 Å². The van der Waals surface area contributed by atoms with E-state index in [1.807, 2.05) is 59.9 Å². The number of nitrogens with zero attached hydrogens (tertiary/aromatic N) is 3. The molecular weight excluding hydrogens is 350 g/mol. The second-order valence-electron chi connectivity index (χ2n) is 6.65. The van der Waals surface area contributed by atoms with Crippen LogP contribution in [-0.2, 0) is 23.2 Å². The average molecular weight is 377 g/mol. The number of imidazole rings is 1. The second-order valence-corrected chi connectivity index (χ2v) is 7.01. The van der Waals surface area contributed by atoms with Gasteiger partial charge in [-0.05, 0) is 36.5 Å². The highest BCUT2D eigenvalue weighted by Gasteiger charge is 2.13. The van der Waals surface area contributed by atoms with E-state index in [-0.39, 0.29) is 5.91 Å². The summed E-state index contributed by atoms with van der Waals surface area (Å²) in [7, 11) is 3.90. The molecule has 2 N–H and O–H groups in total. The van der Waals surface area contributed by atoms with Crippen LogP contribution < -0.4 is 15.1 Å². The SMILES string of the molecule is Cn1ccn(C[NH+](C)CC(=O)Nc2ccc(N3CCOCC3)cc2)c1=S. The Hall–Kier alpha value is -2.16. The third kappa shape index (κ3) is 4.72. The number of nitrogens with one attached hydrogen (secondary N) is 2. The van der Waals surface area contributed by atoms with Gasteiger partial charge in [0.1, 0.15) is 0 Å². The van der Waals surface area contributed by atoms with Crippen LogP contribution in [0.4, 0.5) is 11.4 Å². The Morgan fingerprint density at radius 2 is 1.92 bits per heavy atom. The molecule has 1 atom stereocenters. The van der Waals surface area contributed by atoms with E-state index in [4.69, 9.17) is 17.0 Å². The van der Waals surface area contributed by atoms with E-state index in [0.29, 0.717) is 13.2 Å². The van der Waals surface area contributed by atoms with Crippen LogP contribution in [-0.4, -0.2) is 54.9 Å². The number of rotatable bonds is 6.